The average molecular weight is 239 g/mol. The maximum Gasteiger partial charge on any atom is 0.0235 e. The lowest BCUT2D eigenvalue weighted by Gasteiger charge is -2.37. The number of piperidine rings is 1. The van der Waals surface area contributed by atoms with E-state index in [1.807, 2.05) is 0 Å². The smallest absolute Gasteiger partial charge is 0.0235 e. The number of likely N-dealkylation sites (tertiary alicyclic amines) is 2. The number of rotatable bonds is 4. The van der Waals surface area contributed by atoms with Crippen LogP contribution in [0.1, 0.15) is 33.1 Å². The molecule has 17 heavy (non-hydrogen) atoms. The largest absolute Gasteiger partial charge is 0.319 e. The van der Waals surface area contributed by atoms with E-state index in [-0.39, 0.29) is 0 Å². The van der Waals surface area contributed by atoms with E-state index >= 15 is 0 Å². The molecular formula is C14H29N3. The summed E-state index contributed by atoms with van der Waals surface area (Å²) in [6.07, 6.45) is 4.19. The molecule has 2 aliphatic heterocycles. The van der Waals surface area contributed by atoms with Crippen molar-refractivity contribution in [2.75, 3.05) is 39.8 Å². The predicted octanol–water partition coefficient (Wildman–Crippen LogP) is 1.40. The summed E-state index contributed by atoms with van der Waals surface area (Å²) in [6, 6.07) is 1.55. The molecule has 2 rings (SSSR count). The van der Waals surface area contributed by atoms with Crippen LogP contribution in [0.15, 0.2) is 0 Å². The minimum absolute atomic E-state index is 0.720. The molecule has 2 aliphatic rings. The SMILES string of the molecule is CNCC1CCCN(C2CCN(C(C)C)C2)C1. The van der Waals surface area contributed by atoms with Crippen molar-refractivity contribution in [3.05, 3.63) is 0 Å². The Kier molecular flexibility index (Phi) is 4.83. The molecule has 2 heterocycles. The highest BCUT2D eigenvalue weighted by Gasteiger charge is 2.31. The van der Waals surface area contributed by atoms with Gasteiger partial charge in [0, 0.05) is 31.7 Å². The van der Waals surface area contributed by atoms with Crippen LogP contribution in [0.5, 0.6) is 0 Å². The van der Waals surface area contributed by atoms with Gasteiger partial charge >= 0.3 is 0 Å². The van der Waals surface area contributed by atoms with Gasteiger partial charge in [0.05, 0.1) is 0 Å². The summed E-state index contributed by atoms with van der Waals surface area (Å²) in [4.78, 5) is 5.39. The summed E-state index contributed by atoms with van der Waals surface area (Å²) in [5.74, 6) is 0.877. The molecule has 0 aromatic carbocycles. The Morgan fingerprint density at radius 1 is 1.18 bits per heavy atom. The Bertz CT molecular complexity index is 228. The molecule has 3 nitrogen and oxygen atoms in total. The minimum atomic E-state index is 0.720. The van der Waals surface area contributed by atoms with E-state index in [1.54, 1.807) is 0 Å². The van der Waals surface area contributed by atoms with Crippen molar-refractivity contribution in [2.24, 2.45) is 5.92 Å². The van der Waals surface area contributed by atoms with Gasteiger partial charge in [-0.15, -0.1) is 0 Å². The van der Waals surface area contributed by atoms with Crippen LogP contribution in [0, 0.1) is 5.92 Å². The molecule has 0 aromatic heterocycles. The maximum absolute atomic E-state index is 3.34. The molecule has 0 saturated carbocycles. The van der Waals surface area contributed by atoms with E-state index in [2.05, 4.69) is 36.0 Å². The highest BCUT2D eigenvalue weighted by Crippen LogP contribution is 2.23. The quantitative estimate of drug-likeness (QED) is 0.800. The van der Waals surface area contributed by atoms with Crippen molar-refractivity contribution in [1.29, 1.82) is 0 Å². The van der Waals surface area contributed by atoms with E-state index in [9.17, 15) is 0 Å². The van der Waals surface area contributed by atoms with E-state index in [0.717, 1.165) is 18.0 Å². The van der Waals surface area contributed by atoms with E-state index < -0.39 is 0 Å². The lowest BCUT2D eigenvalue weighted by Crippen LogP contribution is -2.46. The van der Waals surface area contributed by atoms with Crippen molar-refractivity contribution in [2.45, 2.75) is 45.2 Å². The molecule has 3 heteroatoms. The second-order valence-electron chi connectivity index (χ2n) is 6.09. The summed E-state index contributed by atoms with van der Waals surface area (Å²) in [7, 11) is 2.08. The molecule has 2 saturated heterocycles. The topological polar surface area (TPSA) is 18.5 Å². The fraction of sp³-hybridized carbons (Fsp3) is 1.00. The first-order valence-corrected chi connectivity index (χ1v) is 7.33. The third kappa shape index (κ3) is 3.43. The Labute approximate surface area is 107 Å². The first-order valence-electron chi connectivity index (χ1n) is 7.33. The van der Waals surface area contributed by atoms with Crippen LogP contribution in [0.4, 0.5) is 0 Å². The van der Waals surface area contributed by atoms with E-state index in [1.165, 1.54) is 52.0 Å². The van der Waals surface area contributed by atoms with Gasteiger partial charge in [-0.05, 0) is 59.2 Å². The summed E-state index contributed by atoms with van der Waals surface area (Å²) in [5.41, 5.74) is 0. The fourth-order valence-electron chi connectivity index (χ4n) is 3.42. The zero-order valence-electron chi connectivity index (χ0n) is 11.8. The van der Waals surface area contributed by atoms with Gasteiger partial charge < -0.3 is 5.32 Å². The molecule has 2 atom stereocenters. The van der Waals surface area contributed by atoms with Crippen molar-refractivity contribution in [1.82, 2.24) is 15.1 Å². The van der Waals surface area contributed by atoms with Gasteiger partial charge in [0.2, 0.25) is 0 Å². The van der Waals surface area contributed by atoms with Crippen LogP contribution >= 0.6 is 0 Å². The van der Waals surface area contributed by atoms with Crippen LogP contribution in [0.25, 0.3) is 0 Å². The predicted molar refractivity (Wildman–Crippen MR) is 73.3 cm³/mol. The minimum Gasteiger partial charge on any atom is -0.319 e. The molecule has 0 bridgehead atoms. The second kappa shape index (κ2) is 6.17. The fourth-order valence-corrected chi connectivity index (χ4v) is 3.42. The molecular weight excluding hydrogens is 210 g/mol. The molecule has 1 N–H and O–H groups in total. The number of hydrogen-bond donors (Lipinski definition) is 1. The van der Waals surface area contributed by atoms with Crippen LogP contribution in [-0.2, 0) is 0 Å². The van der Waals surface area contributed by atoms with E-state index in [0.29, 0.717) is 0 Å². The van der Waals surface area contributed by atoms with Gasteiger partial charge in [-0.3, -0.25) is 9.80 Å². The van der Waals surface area contributed by atoms with Gasteiger partial charge in [-0.25, -0.2) is 0 Å². The summed E-state index contributed by atoms with van der Waals surface area (Å²) in [6.45, 7) is 11.1. The first kappa shape index (κ1) is 13.3. The molecule has 100 valence electrons. The molecule has 0 aromatic rings. The van der Waals surface area contributed by atoms with Crippen LogP contribution in [0.2, 0.25) is 0 Å². The lowest BCUT2D eigenvalue weighted by molar-refractivity contribution is 0.120. The first-order chi connectivity index (χ1) is 8.20. The molecule has 0 aliphatic carbocycles. The van der Waals surface area contributed by atoms with Crippen molar-refractivity contribution in [3.63, 3.8) is 0 Å². The van der Waals surface area contributed by atoms with Gasteiger partial charge in [-0.2, -0.15) is 0 Å². The average Bonchev–Trinajstić information content (AvgIpc) is 2.79. The van der Waals surface area contributed by atoms with Crippen molar-refractivity contribution in [3.8, 4) is 0 Å². The van der Waals surface area contributed by atoms with Crippen LogP contribution in [-0.4, -0.2) is 61.7 Å². The zero-order chi connectivity index (χ0) is 12.3. The van der Waals surface area contributed by atoms with Gasteiger partial charge in [0.1, 0.15) is 0 Å². The Morgan fingerprint density at radius 2 is 2.00 bits per heavy atom. The monoisotopic (exact) mass is 239 g/mol. The third-order valence-electron chi connectivity index (χ3n) is 4.48. The van der Waals surface area contributed by atoms with E-state index in [4.69, 9.17) is 0 Å². The van der Waals surface area contributed by atoms with Crippen molar-refractivity contribution < 1.29 is 0 Å². The summed E-state index contributed by atoms with van der Waals surface area (Å²) < 4.78 is 0. The summed E-state index contributed by atoms with van der Waals surface area (Å²) in [5, 5.41) is 3.34. The van der Waals surface area contributed by atoms with Gasteiger partial charge in [-0.1, -0.05) is 0 Å². The van der Waals surface area contributed by atoms with Crippen LogP contribution < -0.4 is 5.32 Å². The summed E-state index contributed by atoms with van der Waals surface area (Å²) >= 11 is 0. The third-order valence-corrected chi connectivity index (χ3v) is 4.48. The molecule has 0 spiro atoms. The Hall–Kier alpha value is -0.120. The van der Waals surface area contributed by atoms with Crippen molar-refractivity contribution >= 4 is 0 Å². The second-order valence-corrected chi connectivity index (χ2v) is 6.09. The zero-order valence-corrected chi connectivity index (χ0v) is 11.8. The normalized spacial score (nSPS) is 32.5. The standard InChI is InChI=1S/C14H29N3/c1-12(2)16-8-6-14(11-16)17-7-4-5-13(10-17)9-15-3/h12-15H,4-11H2,1-3H3. The Balaban J connectivity index is 1.82. The molecule has 0 amide bonds. The lowest BCUT2D eigenvalue weighted by atomic mass is 9.96. The number of nitrogens with zero attached hydrogens (tertiary/aromatic N) is 2. The molecule has 2 unspecified atom stereocenters. The van der Waals surface area contributed by atoms with Gasteiger partial charge in [0.15, 0.2) is 0 Å². The maximum atomic E-state index is 3.34. The molecule has 2 fully saturated rings. The highest BCUT2D eigenvalue weighted by atomic mass is 15.3. The van der Waals surface area contributed by atoms with Crippen LogP contribution in [0.3, 0.4) is 0 Å². The Morgan fingerprint density at radius 3 is 2.65 bits per heavy atom. The highest BCUT2D eigenvalue weighted by molar-refractivity contribution is 4.87. The van der Waals surface area contributed by atoms with Gasteiger partial charge in [0.25, 0.3) is 0 Å². The number of nitrogens with one attached hydrogen (secondary N) is 1. The number of hydrogen-bond acceptors (Lipinski definition) is 3. The molecule has 0 radical (unpaired) electrons.